The van der Waals surface area contributed by atoms with Crippen molar-refractivity contribution in [2.45, 2.75) is 18.6 Å². The molecule has 3 rings (SSSR count). The third kappa shape index (κ3) is 4.75. The molecule has 0 aliphatic heterocycles. The molecule has 0 aliphatic carbocycles. The first-order valence-electron chi connectivity index (χ1n) is 8.73. The lowest BCUT2D eigenvalue weighted by Gasteiger charge is -2.12. The Morgan fingerprint density at radius 2 is 1.93 bits per heavy atom. The highest BCUT2D eigenvalue weighted by molar-refractivity contribution is 8.04. The van der Waals surface area contributed by atoms with Gasteiger partial charge < -0.3 is 23.9 Å². The van der Waals surface area contributed by atoms with Gasteiger partial charge in [0.2, 0.25) is 0 Å². The van der Waals surface area contributed by atoms with Gasteiger partial charge in [0, 0.05) is 35.5 Å². The number of ether oxygens (including phenoxy) is 2. The van der Waals surface area contributed by atoms with Crippen LogP contribution in [0.5, 0.6) is 11.5 Å². The Labute approximate surface area is 172 Å². The number of hydrogen-bond donors (Lipinski definition) is 0. The van der Waals surface area contributed by atoms with Crippen molar-refractivity contribution in [2.75, 3.05) is 14.2 Å². The maximum atomic E-state index is 11.6. The summed E-state index contributed by atoms with van der Waals surface area (Å²) in [5, 5.41) is 20.5. The Balaban J connectivity index is 1.99. The second-order valence-corrected chi connectivity index (χ2v) is 6.85. The number of carbonyl (C=O) groups is 1. The zero-order chi connectivity index (χ0) is 20.8. The van der Waals surface area contributed by atoms with E-state index in [0.29, 0.717) is 34.6 Å². The number of carbonyl (C=O) groups excluding carboxylic acids is 1. The summed E-state index contributed by atoms with van der Waals surface area (Å²) < 4.78 is 12.5. The van der Waals surface area contributed by atoms with Crippen LogP contribution >= 0.6 is 11.8 Å². The second-order valence-electron chi connectivity index (χ2n) is 5.84. The zero-order valence-corrected chi connectivity index (χ0v) is 17.0. The van der Waals surface area contributed by atoms with E-state index in [0.717, 1.165) is 17.3 Å². The smallest absolute Gasteiger partial charge is 0.196 e. The van der Waals surface area contributed by atoms with Crippen LogP contribution < -0.4 is 14.6 Å². The summed E-state index contributed by atoms with van der Waals surface area (Å²) in [6.07, 6.45) is 4.68. The molecule has 0 saturated carbocycles. The second kappa shape index (κ2) is 9.24. The van der Waals surface area contributed by atoms with Crippen molar-refractivity contribution >= 4 is 23.8 Å². The molecule has 150 valence electrons. The van der Waals surface area contributed by atoms with Crippen LogP contribution in [-0.2, 0) is 11.3 Å². The van der Waals surface area contributed by atoms with Crippen molar-refractivity contribution < 1.29 is 19.4 Å². The predicted octanol–water partition coefficient (Wildman–Crippen LogP) is 2.26. The van der Waals surface area contributed by atoms with E-state index in [2.05, 4.69) is 15.2 Å². The molecule has 0 aliphatic rings. The Morgan fingerprint density at radius 1 is 1.21 bits per heavy atom. The van der Waals surface area contributed by atoms with Gasteiger partial charge in [-0.3, -0.25) is 4.98 Å². The van der Waals surface area contributed by atoms with Crippen LogP contribution in [-0.4, -0.2) is 39.9 Å². The molecule has 0 spiro atoms. The first-order chi connectivity index (χ1) is 14.0. The SMILES string of the molecule is CCn1c(S/C(=C/c2cccnc2)C(=O)[O-])nnc1-c1cc(OC)cc(OC)c1. The fraction of sp³-hybridized carbons (Fsp3) is 0.200. The summed E-state index contributed by atoms with van der Waals surface area (Å²) in [4.78, 5) is 15.6. The lowest BCUT2D eigenvalue weighted by Crippen LogP contribution is -2.23. The first kappa shape index (κ1) is 20.4. The number of pyridine rings is 1. The van der Waals surface area contributed by atoms with Gasteiger partial charge in [-0.15, -0.1) is 10.2 Å². The molecule has 0 fully saturated rings. The van der Waals surface area contributed by atoms with Crippen molar-refractivity contribution in [3.05, 3.63) is 53.2 Å². The van der Waals surface area contributed by atoms with Gasteiger partial charge in [-0.25, -0.2) is 0 Å². The topological polar surface area (TPSA) is 102 Å². The molecule has 3 aromatic rings. The molecule has 0 radical (unpaired) electrons. The first-order valence-corrected chi connectivity index (χ1v) is 9.55. The van der Waals surface area contributed by atoms with Crippen LogP contribution in [0.25, 0.3) is 17.5 Å². The van der Waals surface area contributed by atoms with Gasteiger partial charge in [-0.05, 0) is 48.5 Å². The van der Waals surface area contributed by atoms with Crippen molar-refractivity contribution in [1.82, 2.24) is 19.7 Å². The Hall–Kier alpha value is -3.33. The van der Waals surface area contributed by atoms with Crippen LogP contribution in [0.3, 0.4) is 0 Å². The summed E-state index contributed by atoms with van der Waals surface area (Å²) in [6.45, 7) is 2.47. The average molecular weight is 411 g/mol. The number of carboxylic acid groups (broad SMARTS) is 1. The highest BCUT2D eigenvalue weighted by atomic mass is 32.2. The molecule has 2 heterocycles. The molecule has 0 atom stereocenters. The van der Waals surface area contributed by atoms with Crippen LogP contribution in [0.2, 0.25) is 0 Å². The molecule has 0 unspecified atom stereocenters. The zero-order valence-electron chi connectivity index (χ0n) is 16.2. The van der Waals surface area contributed by atoms with E-state index in [1.165, 1.54) is 6.08 Å². The Morgan fingerprint density at radius 3 is 2.48 bits per heavy atom. The van der Waals surface area contributed by atoms with Gasteiger partial charge in [0.1, 0.15) is 11.5 Å². The fourth-order valence-electron chi connectivity index (χ4n) is 2.64. The molecule has 9 heteroatoms. The number of aliphatic carboxylic acids is 1. The molecule has 0 bridgehead atoms. The number of carboxylic acids is 1. The summed E-state index contributed by atoms with van der Waals surface area (Å²) in [6, 6.07) is 8.88. The van der Waals surface area contributed by atoms with E-state index in [-0.39, 0.29) is 4.91 Å². The standard InChI is InChI=1S/C20H20N4O4S/c1-4-24-18(14-9-15(27-2)11-16(10-14)28-3)22-23-20(24)29-17(19(25)26)8-13-6-5-7-21-12-13/h5-12H,4H2,1-3H3,(H,25,26)/p-1/b17-8+. The monoisotopic (exact) mass is 411 g/mol. The number of methoxy groups -OCH3 is 2. The number of thioether (sulfide) groups is 1. The molecule has 2 aromatic heterocycles. The minimum atomic E-state index is -1.30. The number of benzene rings is 1. The number of hydrogen-bond acceptors (Lipinski definition) is 8. The summed E-state index contributed by atoms with van der Waals surface area (Å²) in [5.41, 5.74) is 1.40. The van der Waals surface area contributed by atoms with E-state index in [9.17, 15) is 9.90 Å². The number of aromatic nitrogens is 4. The molecule has 0 saturated heterocycles. The molecular weight excluding hydrogens is 392 g/mol. The third-order valence-electron chi connectivity index (χ3n) is 4.03. The maximum Gasteiger partial charge on any atom is 0.196 e. The normalized spacial score (nSPS) is 11.3. The van der Waals surface area contributed by atoms with Crippen molar-refractivity contribution in [3.8, 4) is 22.9 Å². The Kier molecular flexibility index (Phi) is 6.50. The van der Waals surface area contributed by atoms with Gasteiger partial charge in [-0.1, -0.05) is 6.07 Å². The van der Waals surface area contributed by atoms with E-state index < -0.39 is 5.97 Å². The van der Waals surface area contributed by atoms with E-state index >= 15 is 0 Å². The molecule has 29 heavy (non-hydrogen) atoms. The fourth-order valence-corrected chi connectivity index (χ4v) is 3.52. The maximum absolute atomic E-state index is 11.6. The molecule has 0 amide bonds. The van der Waals surface area contributed by atoms with Crippen LogP contribution in [0.1, 0.15) is 12.5 Å². The number of rotatable bonds is 8. The van der Waals surface area contributed by atoms with Gasteiger partial charge in [-0.2, -0.15) is 0 Å². The van der Waals surface area contributed by atoms with Crippen molar-refractivity contribution in [1.29, 1.82) is 0 Å². The van der Waals surface area contributed by atoms with E-state index in [1.54, 1.807) is 44.8 Å². The van der Waals surface area contributed by atoms with Crippen molar-refractivity contribution in [3.63, 3.8) is 0 Å². The predicted molar refractivity (Wildman–Crippen MR) is 107 cm³/mol. The van der Waals surface area contributed by atoms with E-state index in [1.807, 2.05) is 23.6 Å². The van der Waals surface area contributed by atoms with Gasteiger partial charge in [0.15, 0.2) is 11.0 Å². The van der Waals surface area contributed by atoms with Crippen LogP contribution in [0.4, 0.5) is 0 Å². The largest absolute Gasteiger partial charge is 0.544 e. The highest BCUT2D eigenvalue weighted by Gasteiger charge is 2.17. The minimum absolute atomic E-state index is 0.00914. The van der Waals surface area contributed by atoms with E-state index in [4.69, 9.17) is 9.47 Å². The summed E-state index contributed by atoms with van der Waals surface area (Å²) in [5.74, 6) is 0.512. The average Bonchev–Trinajstić information content (AvgIpc) is 3.16. The van der Waals surface area contributed by atoms with Gasteiger partial charge in [0.05, 0.1) is 20.2 Å². The van der Waals surface area contributed by atoms with Gasteiger partial charge >= 0.3 is 0 Å². The lowest BCUT2D eigenvalue weighted by molar-refractivity contribution is -0.298. The van der Waals surface area contributed by atoms with Crippen LogP contribution in [0.15, 0.2) is 52.8 Å². The van der Waals surface area contributed by atoms with Crippen LogP contribution in [0, 0.1) is 0 Å². The minimum Gasteiger partial charge on any atom is -0.544 e. The molecule has 0 N–H and O–H groups in total. The molecular formula is C20H19N4O4S-. The highest BCUT2D eigenvalue weighted by Crippen LogP contribution is 2.33. The quantitative estimate of drug-likeness (QED) is 0.411. The van der Waals surface area contributed by atoms with Crippen molar-refractivity contribution in [2.24, 2.45) is 0 Å². The summed E-state index contributed by atoms with van der Waals surface area (Å²) in [7, 11) is 3.14. The summed E-state index contributed by atoms with van der Waals surface area (Å²) >= 11 is 0.976. The van der Waals surface area contributed by atoms with Gasteiger partial charge in [0.25, 0.3) is 0 Å². The number of nitrogens with zero attached hydrogens (tertiary/aromatic N) is 4. The molecule has 8 nitrogen and oxygen atoms in total. The molecule has 1 aromatic carbocycles. The lowest BCUT2D eigenvalue weighted by atomic mass is 10.2. The third-order valence-corrected chi connectivity index (χ3v) is 5.02. The Bertz CT molecular complexity index is 1010.